The van der Waals surface area contributed by atoms with Crippen molar-refractivity contribution in [3.8, 4) is 0 Å². The molecule has 2 heteroatoms. The Hall–Kier alpha value is -0.790. The van der Waals surface area contributed by atoms with E-state index in [0.717, 1.165) is 0 Å². The second-order valence-corrected chi connectivity index (χ2v) is 4.48. The predicted molar refractivity (Wildman–Crippen MR) is 46.9 cm³/mol. The van der Waals surface area contributed by atoms with Crippen LogP contribution in [0.4, 0.5) is 0 Å². The van der Waals surface area contributed by atoms with Crippen LogP contribution in [0.2, 0.25) is 0 Å². The number of rotatable bonds is 1. The zero-order valence-corrected chi connectivity index (χ0v) is 7.45. The first-order chi connectivity index (χ1) is 5.80. The van der Waals surface area contributed by atoms with E-state index in [2.05, 4.69) is 22.8 Å². The Morgan fingerprint density at radius 1 is 1.58 bits per heavy atom. The molecule has 0 aromatic carbocycles. The van der Waals surface area contributed by atoms with Gasteiger partial charge < -0.3 is 0 Å². The molecule has 64 valence electrons. The molecule has 0 bridgehead atoms. The minimum Gasteiger partial charge on any atom is -0.266 e. The van der Waals surface area contributed by atoms with Crippen molar-refractivity contribution < 1.29 is 0 Å². The number of aryl methyl sites for hydroxylation is 1. The van der Waals surface area contributed by atoms with Gasteiger partial charge in [-0.1, -0.05) is 6.92 Å². The van der Waals surface area contributed by atoms with Gasteiger partial charge in [0.1, 0.15) is 0 Å². The van der Waals surface area contributed by atoms with E-state index in [1.165, 1.54) is 31.4 Å². The molecule has 1 atom stereocenters. The summed E-state index contributed by atoms with van der Waals surface area (Å²) in [6.45, 7) is 2.40. The molecule has 2 aliphatic rings. The first-order valence-corrected chi connectivity index (χ1v) is 4.82. The van der Waals surface area contributed by atoms with Gasteiger partial charge in [-0.3, -0.25) is 4.68 Å². The van der Waals surface area contributed by atoms with Crippen molar-refractivity contribution in [1.29, 1.82) is 0 Å². The minimum atomic E-state index is 0.595. The third-order valence-corrected chi connectivity index (χ3v) is 3.56. The second kappa shape index (κ2) is 1.93. The van der Waals surface area contributed by atoms with E-state index in [1.807, 2.05) is 6.20 Å². The van der Waals surface area contributed by atoms with E-state index >= 15 is 0 Å². The van der Waals surface area contributed by atoms with E-state index in [4.69, 9.17) is 0 Å². The fourth-order valence-electron chi connectivity index (χ4n) is 2.40. The molecule has 0 spiro atoms. The summed E-state index contributed by atoms with van der Waals surface area (Å²) in [4.78, 5) is 0. The molecule has 0 saturated heterocycles. The van der Waals surface area contributed by atoms with Gasteiger partial charge >= 0.3 is 0 Å². The lowest BCUT2D eigenvalue weighted by molar-refractivity contribution is 0.320. The number of nitrogens with zero attached hydrogens (tertiary/aromatic N) is 2. The third-order valence-electron chi connectivity index (χ3n) is 3.56. The normalized spacial score (nSPS) is 30.2. The van der Waals surface area contributed by atoms with Crippen LogP contribution in [0.5, 0.6) is 0 Å². The van der Waals surface area contributed by atoms with Gasteiger partial charge in [-0.25, -0.2) is 0 Å². The molecule has 1 saturated carbocycles. The average molecular weight is 162 g/mol. The molecule has 1 aliphatic heterocycles. The lowest BCUT2D eigenvalue weighted by Gasteiger charge is -2.18. The number of hydrogen-bond donors (Lipinski definition) is 0. The van der Waals surface area contributed by atoms with E-state index < -0.39 is 0 Å². The Morgan fingerprint density at radius 3 is 3.17 bits per heavy atom. The zero-order valence-electron chi connectivity index (χ0n) is 7.45. The fourth-order valence-corrected chi connectivity index (χ4v) is 2.40. The lowest BCUT2D eigenvalue weighted by atomic mass is 9.97. The molecule has 1 fully saturated rings. The van der Waals surface area contributed by atoms with Crippen LogP contribution in [0.3, 0.4) is 0 Å². The Labute approximate surface area is 72.6 Å². The SMILES string of the molecule is CC1([C@H]2CCc3ccnn32)CC1. The van der Waals surface area contributed by atoms with E-state index in [-0.39, 0.29) is 0 Å². The summed E-state index contributed by atoms with van der Waals surface area (Å²) in [6, 6.07) is 2.87. The maximum absolute atomic E-state index is 4.40. The monoisotopic (exact) mass is 162 g/mol. The van der Waals surface area contributed by atoms with E-state index in [0.29, 0.717) is 11.5 Å². The molecule has 12 heavy (non-hydrogen) atoms. The summed E-state index contributed by atoms with van der Waals surface area (Å²) in [5.41, 5.74) is 2.03. The number of hydrogen-bond acceptors (Lipinski definition) is 1. The van der Waals surface area contributed by atoms with Crippen LogP contribution < -0.4 is 0 Å². The molecule has 0 radical (unpaired) electrons. The summed E-state index contributed by atoms with van der Waals surface area (Å²) < 4.78 is 2.26. The molecule has 1 aromatic heterocycles. The van der Waals surface area contributed by atoms with Crippen molar-refractivity contribution in [3.05, 3.63) is 18.0 Å². The summed E-state index contributed by atoms with van der Waals surface area (Å²) in [7, 11) is 0. The summed E-state index contributed by atoms with van der Waals surface area (Å²) in [5, 5.41) is 4.40. The molecule has 0 unspecified atom stereocenters. The maximum Gasteiger partial charge on any atom is 0.0579 e. The summed E-state index contributed by atoms with van der Waals surface area (Å²) in [5.74, 6) is 0. The topological polar surface area (TPSA) is 17.8 Å². The maximum atomic E-state index is 4.40. The van der Waals surface area contributed by atoms with Gasteiger partial charge in [0.2, 0.25) is 0 Å². The Morgan fingerprint density at radius 2 is 2.42 bits per heavy atom. The average Bonchev–Trinajstić information content (AvgIpc) is 2.48. The van der Waals surface area contributed by atoms with Crippen molar-refractivity contribution in [1.82, 2.24) is 9.78 Å². The van der Waals surface area contributed by atoms with Crippen LogP contribution in [0.25, 0.3) is 0 Å². The molecule has 1 aromatic rings. The molecular formula is C10H14N2. The van der Waals surface area contributed by atoms with Crippen LogP contribution >= 0.6 is 0 Å². The lowest BCUT2D eigenvalue weighted by Crippen LogP contribution is -2.15. The highest BCUT2D eigenvalue weighted by atomic mass is 15.3. The van der Waals surface area contributed by atoms with Crippen molar-refractivity contribution in [2.45, 2.75) is 38.6 Å². The molecular weight excluding hydrogens is 148 g/mol. The predicted octanol–water partition coefficient (Wildman–Crippen LogP) is 2.17. The molecule has 2 nitrogen and oxygen atoms in total. The summed E-state index contributed by atoms with van der Waals surface area (Å²) in [6.07, 6.45) is 7.29. The zero-order chi connectivity index (χ0) is 8.18. The second-order valence-electron chi connectivity index (χ2n) is 4.48. The summed E-state index contributed by atoms with van der Waals surface area (Å²) >= 11 is 0. The third kappa shape index (κ3) is 0.728. The van der Waals surface area contributed by atoms with Gasteiger partial charge in [0, 0.05) is 11.9 Å². The number of aromatic nitrogens is 2. The molecule has 0 N–H and O–H groups in total. The first-order valence-electron chi connectivity index (χ1n) is 4.82. The van der Waals surface area contributed by atoms with Crippen LogP contribution in [0.15, 0.2) is 12.3 Å². The van der Waals surface area contributed by atoms with Gasteiger partial charge in [-0.2, -0.15) is 5.10 Å². The van der Waals surface area contributed by atoms with Gasteiger partial charge in [-0.05, 0) is 37.2 Å². The first kappa shape index (κ1) is 6.70. The van der Waals surface area contributed by atoms with Crippen LogP contribution in [-0.4, -0.2) is 9.78 Å². The molecule has 0 amide bonds. The minimum absolute atomic E-state index is 0.595. The molecule has 1 aliphatic carbocycles. The van der Waals surface area contributed by atoms with Crippen molar-refractivity contribution in [2.75, 3.05) is 0 Å². The molecule has 2 heterocycles. The van der Waals surface area contributed by atoms with Crippen LogP contribution in [0.1, 0.15) is 37.9 Å². The van der Waals surface area contributed by atoms with Gasteiger partial charge in [0.25, 0.3) is 0 Å². The highest BCUT2D eigenvalue weighted by molar-refractivity contribution is 5.12. The number of fused-ring (bicyclic) bond motifs is 1. The smallest absolute Gasteiger partial charge is 0.0579 e. The fraction of sp³-hybridized carbons (Fsp3) is 0.700. The highest BCUT2D eigenvalue weighted by Gasteiger charge is 2.48. The Bertz CT molecular complexity index is 309. The van der Waals surface area contributed by atoms with Crippen LogP contribution in [-0.2, 0) is 6.42 Å². The largest absolute Gasteiger partial charge is 0.266 e. The van der Waals surface area contributed by atoms with Gasteiger partial charge in [0.05, 0.1) is 6.04 Å². The van der Waals surface area contributed by atoms with E-state index in [1.54, 1.807) is 0 Å². The Balaban J connectivity index is 2.01. The van der Waals surface area contributed by atoms with Gasteiger partial charge in [-0.15, -0.1) is 0 Å². The van der Waals surface area contributed by atoms with Crippen LogP contribution in [0, 0.1) is 5.41 Å². The highest BCUT2D eigenvalue weighted by Crippen LogP contribution is 2.56. The van der Waals surface area contributed by atoms with Crippen molar-refractivity contribution in [3.63, 3.8) is 0 Å². The Kier molecular flexibility index (Phi) is 1.07. The quantitative estimate of drug-likeness (QED) is 0.618. The standard InChI is InChI=1S/C10H14N2/c1-10(5-6-10)9-3-2-8-4-7-11-12(8)9/h4,7,9H,2-3,5-6H2,1H3/t9-/m1/s1. The van der Waals surface area contributed by atoms with Gasteiger partial charge in [0.15, 0.2) is 0 Å². The van der Waals surface area contributed by atoms with Crippen molar-refractivity contribution >= 4 is 0 Å². The van der Waals surface area contributed by atoms with Crippen molar-refractivity contribution in [2.24, 2.45) is 5.41 Å². The van der Waals surface area contributed by atoms with E-state index in [9.17, 15) is 0 Å². The molecule has 3 rings (SSSR count).